The van der Waals surface area contributed by atoms with Gasteiger partial charge < -0.3 is 9.73 Å². The second-order valence-electron chi connectivity index (χ2n) is 5.51. The predicted octanol–water partition coefficient (Wildman–Crippen LogP) is 4.20. The topological polar surface area (TPSA) is 38.1 Å². The molecule has 1 fully saturated rings. The average molecular weight is 300 g/mol. The van der Waals surface area contributed by atoms with Gasteiger partial charge in [0.15, 0.2) is 5.58 Å². The van der Waals surface area contributed by atoms with Crippen LogP contribution in [0.1, 0.15) is 24.8 Å². The van der Waals surface area contributed by atoms with E-state index < -0.39 is 11.6 Å². The van der Waals surface area contributed by atoms with Gasteiger partial charge in [0.2, 0.25) is 5.89 Å². The van der Waals surface area contributed by atoms with E-state index in [0.29, 0.717) is 28.1 Å². The molecule has 4 rings (SSSR count). The lowest BCUT2D eigenvalue weighted by molar-refractivity contribution is 0.452. The molecule has 1 N–H and O–H groups in total. The third kappa shape index (κ3) is 2.27. The Hall–Kier alpha value is -2.27. The number of hydrogen-bond donors (Lipinski definition) is 1. The Morgan fingerprint density at radius 1 is 1.14 bits per heavy atom. The standard InChI is InChI=1S/C17H14F2N2O/c18-11-4-5-12(13(19)9-11)10-3-6-16-15(8-10)21-17(22-16)14-2-1-7-20-14/h3-6,8-9,14,20H,1-2,7H2. The monoisotopic (exact) mass is 300 g/mol. The molecule has 0 bridgehead atoms. The summed E-state index contributed by atoms with van der Waals surface area (Å²) in [5, 5.41) is 3.34. The summed E-state index contributed by atoms with van der Waals surface area (Å²) in [6, 6.07) is 9.03. The van der Waals surface area contributed by atoms with Gasteiger partial charge in [0.1, 0.15) is 17.2 Å². The van der Waals surface area contributed by atoms with Gasteiger partial charge in [0.05, 0.1) is 6.04 Å². The molecule has 1 unspecified atom stereocenters. The summed E-state index contributed by atoms with van der Waals surface area (Å²) >= 11 is 0. The highest BCUT2D eigenvalue weighted by atomic mass is 19.1. The zero-order chi connectivity index (χ0) is 15.1. The minimum Gasteiger partial charge on any atom is -0.439 e. The Morgan fingerprint density at radius 3 is 2.82 bits per heavy atom. The smallest absolute Gasteiger partial charge is 0.212 e. The highest BCUT2D eigenvalue weighted by Crippen LogP contribution is 2.30. The number of aromatic nitrogens is 1. The van der Waals surface area contributed by atoms with E-state index in [9.17, 15) is 8.78 Å². The van der Waals surface area contributed by atoms with Crippen LogP contribution in [-0.4, -0.2) is 11.5 Å². The first-order valence-corrected chi connectivity index (χ1v) is 7.30. The molecule has 1 saturated heterocycles. The van der Waals surface area contributed by atoms with E-state index in [1.807, 2.05) is 0 Å². The van der Waals surface area contributed by atoms with Crippen molar-refractivity contribution in [1.29, 1.82) is 0 Å². The molecular formula is C17H14F2N2O. The lowest BCUT2D eigenvalue weighted by Crippen LogP contribution is -2.12. The molecule has 0 radical (unpaired) electrons. The quantitative estimate of drug-likeness (QED) is 0.771. The first-order chi connectivity index (χ1) is 10.7. The maximum atomic E-state index is 13.9. The number of halogens is 2. The van der Waals surface area contributed by atoms with Crippen LogP contribution in [0.3, 0.4) is 0 Å². The second kappa shape index (κ2) is 5.18. The summed E-state index contributed by atoms with van der Waals surface area (Å²) < 4.78 is 32.7. The Kier molecular flexibility index (Phi) is 3.15. The summed E-state index contributed by atoms with van der Waals surface area (Å²) in [7, 11) is 0. The highest BCUT2D eigenvalue weighted by molar-refractivity contribution is 5.80. The summed E-state index contributed by atoms with van der Waals surface area (Å²) in [4.78, 5) is 4.50. The highest BCUT2D eigenvalue weighted by Gasteiger charge is 2.21. The van der Waals surface area contributed by atoms with Gasteiger partial charge in [-0.2, -0.15) is 0 Å². The van der Waals surface area contributed by atoms with Crippen molar-refractivity contribution in [2.45, 2.75) is 18.9 Å². The van der Waals surface area contributed by atoms with Crippen LogP contribution in [0.4, 0.5) is 8.78 Å². The number of rotatable bonds is 2. The van der Waals surface area contributed by atoms with Crippen LogP contribution in [-0.2, 0) is 0 Å². The fourth-order valence-electron chi connectivity index (χ4n) is 2.88. The Morgan fingerprint density at radius 2 is 2.05 bits per heavy atom. The van der Waals surface area contributed by atoms with Gasteiger partial charge >= 0.3 is 0 Å². The number of nitrogens with zero attached hydrogens (tertiary/aromatic N) is 1. The van der Waals surface area contributed by atoms with Crippen LogP contribution < -0.4 is 5.32 Å². The van der Waals surface area contributed by atoms with Crippen LogP contribution in [0.25, 0.3) is 22.2 Å². The summed E-state index contributed by atoms with van der Waals surface area (Å²) in [5.41, 5.74) is 2.37. The SMILES string of the molecule is Fc1ccc(-c2ccc3oc(C4CCCN4)nc3c2)c(F)c1. The number of oxazole rings is 1. The van der Waals surface area contributed by atoms with Crippen LogP contribution in [0, 0.1) is 11.6 Å². The molecule has 0 saturated carbocycles. The maximum Gasteiger partial charge on any atom is 0.212 e. The van der Waals surface area contributed by atoms with Crippen molar-refractivity contribution in [2.75, 3.05) is 6.54 Å². The third-order valence-electron chi connectivity index (χ3n) is 4.00. The zero-order valence-corrected chi connectivity index (χ0v) is 11.8. The maximum absolute atomic E-state index is 13.9. The van der Waals surface area contributed by atoms with Gasteiger partial charge in [-0.25, -0.2) is 13.8 Å². The number of benzene rings is 2. The minimum absolute atomic E-state index is 0.151. The van der Waals surface area contributed by atoms with Crippen LogP contribution in [0.15, 0.2) is 40.8 Å². The van der Waals surface area contributed by atoms with E-state index >= 15 is 0 Å². The number of hydrogen-bond acceptors (Lipinski definition) is 3. The van der Waals surface area contributed by atoms with Crippen molar-refractivity contribution < 1.29 is 13.2 Å². The zero-order valence-electron chi connectivity index (χ0n) is 11.8. The fraction of sp³-hybridized carbons (Fsp3) is 0.235. The molecule has 2 heterocycles. The molecule has 0 amide bonds. The molecular weight excluding hydrogens is 286 g/mol. The van der Waals surface area contributed by atoms with Crippen LogP contribution in [0.5, 0.6) is 0 Å². The lowest BCUT2D eigenvalue weighted by Gasteiger charge is -2.03. The minimum atomic E-state index is -0.585. The Bertz CT molecular complexity index is 838. The molecule has 22 heavy (non-hydrogen) atoms. The van der Waals surface area contributed by atoms with E-state index in [1.165, 1.54) is 12.1 Å². The summed E-state index contributed by atoms with van der Waals surface area (Å²) in [6.45, 7) is 0.968. The van der Waals surface area contributed by atoms with Crippen molar-refractivity contribution in [1.82, 2.24) is 10.3 Å². The van der Waals surface area contributed by atoms with Crippen LogP contribution in [0.2, 0.25) is 0 Å². The first kappa shape index (κ1) is 13.4. The van der Waals surface area contributed by atoms with Gasteiger partial charge in [-0.1, -0.05) is 6.07 Å². The van der Waals surface area contributed by atoms with Gasteiger partial charge in [0, 0.05) is 11.6 Å². The van der Waals surface area contributed by atoms with Gasteiger partial charge in [-0.15, -0.1) is 0 Å². The van der Waals surface area contributed by atoms with E-state index in [2.05, 4.69) is 10.3 Å². The number of nitrogens with one attached hydrogen (secondary N) is 1. The normalized spacial score (nSPS) is 18.2. The lowest BCUT2D eigenvalue weighted by atomic mass is 10.0. The molecule has 1 aliphatic heterocycles. The van der Waals surface area contributed by atoms with Gasteiger partial charge in [0.25, 0.3) is 0 Å². The van der Waals surface area contributed by atoms with Gasteiger partial charge in [-0.05, 0) is 49.2 Å². The Labute approximate surface area is 126 Å². The van der Waals surface area contributed by atoms with Crippen molar-refractivity contribution in [2.24, 2.45) is 0 Å². The van der Waals surface area contributed by atoms with E-state index in [4.69, 9.17) is 4.42 Å². The molecule has 112 valence electrons. The molecule has 1 atom stereocenters. The molecule has 0 spiro atoms. The second-order valence-corrected chi connectivity index (χ2v) is 5.51. The molecule has 2 aromatic carbocycles. The largest absolute Gasteiger partial charge is 0.439 e. The average Bonchev–Trinajstić information content (AvgIpc) is 3.15. The van der Waals surface area contributed by atoms with Gasteiger partial charge in [-0.3, -0.25) is 0 Å². The van der Waals surface area contributed by atoms with E-state index in [-0.39, 0.29) is 6.04 Å². The first-order valence-electron chi connectivity index (χ1n) is 7.30. The molecule has 3 nitrogen and oxygen atoms in total. The number of fused-ring (bicyclic) bond motifs is 1. The molecule has 5 heteroatoms. The fourth-order valence-corrected chi connectivity index (χ4v) is 2.88. The molecule has 3 aromatic rings. The Balaban J connectivity index is 1.76. The molecule has 1 aliphatic rings. The van der Waals surface area contributed by atoms with Crippen molar-refractivity contribution in [3.8, 4) is 11.1 Å². The molecule has 1 aromatic heterocycles. The van der Waals surface area contributed by atoms with Crippen molar-refractivity contribution in [3.05, 3.63) is 53.9 Å². The summed E-state index contributed by atoms with van der Waals surface area (Å²) in [6.07, 6.45) is 2.11. The molecule has 0 aliphatic carbocycles. The summed E-state index contributed by atoms with van der Waals surface area (Å²) in [5.74, 6) is -0.497. The van der Waals surface area contributed by atoms with Crippen molar-refractivity contribution in [3.63, 3.8) is 0 Å². The van der Waals surface area contributed by atoms with E-state index in [1.54, 1.807) is 18.2 Å². The van der Waals surface area contributed by atoms with Crippen LogP contribution >= 0.6 is 0 Å². The van der Waals surface area contributed by atoms with Crippen molar-refractivity contribution >= 4 is 11.1 Å². The third-order valence-corrected chi connectivity index (χ3v) is 4.00. The van der Waals surface area contributed by atoms with E-state index in [0.717, 1.165) is 25.5 Å². The predicted molar refractivity (Wildman–Crippen MR) is 79.3 cm³/mol.